The Morgan fingerprint density at radius 3 is 2.61 bits per heavy atom. The number of carbonyl (C=O) groups is 1. The molecule has 0 saturated heterocycles. The van der Waals surface area contributed by atoms with Crippen LogP contribution in [0.1, 0.15) is 27.2 Å². The zero-order valence-electron chi connectivity index (χ0n) is 17.2. The molecule has 0 spiro atoms. The van der Waals surface area contributed by atoms with Crippen molar-refractivity contribution in [3.05, 3.63) is 95.2 Å². The van der Waals surface area contributed by atoms with Crippen molar-refractivity contribution < 1.29 is 22.7 Å². The van der Waals surface area contributed by atoms with Gasteiger partial charge in [0.05, 0.1) is 16.8 Å². The highest BCUT2D eigenvalue weighted by molar-refractivity contribution is 7.93. The van der Waals surface area contributed by atoms with Gasteiger partial charge in [0, 0.05) is 23.3 Å². The Kier molecular flexibility index (Phi) is 5.77. The summed E-state index contributed by atoms with van der Waals surface area (Å²) in [7, 11) is -4.08. The van der Waals surface area contributed by atoms with E-state index in [4.69, 9.17) is 5.11 Å². The summed E-state index contributed by atoms with van der Waals surface area (Å²) in [5, 5.41) is 9.59. The van der Waals surface area contributed by atoms with E-state index >= 15 is 0 Å². The van der Waals surface area contributed by atoms with Crippen LogP contribution in [0.4, 0.5) is 10.1 Å². The number of halogens is 1. The van der Waals surface area contributed by atoms with Crippen LogP contribution in [0.15, 0.2) is 71.9 Å². The lowest BCUT2D eigenvalue weighted by Crippen LogP contribution is -2.16. The Hall–Kier alpha value is -4.29. The minimum Gasteiger partial charge on any atom is -0.477 e. The SMILES string of the molecule is Cc1ccc2cccnc2c1S(=O)(=O)Nc1ccc(F)cc1C#Cc1ccc(C(=O)O)nc1. The number of benzene rings is 2. The van der Waals surface area contributed by atoms with Crippen LogP contribution >= 0.6 is 0 Å². The topological polar surface area (TPSA) is 109 Å². The third-order valence-electron chi connectivity index (χ3n) is 4.74. The van der Waals surface area contributed by atoms with E-state index in [1.165, 1.54) is 30.6 Å². The number of nitrogens with zero attached hydrogens (tertiary/aromatic N) is 2. The molecule has 2 heterocycles. The summed E-state index contributed by atoms with van der Waals surface area (Å²) in [6, 6.07) is 13.2. The monoisotopic (exact) mass is 461 g/mol. The number of hydrogen-bond donors (Lipinski definition) is 2. The number of carboxylic acids is 1. The first kappa shape index (κ1) is 21.9. The minimum atomic E-state index is -4.08. The first-order chi connectivity index (χ1) is 15.7. The van der Waals surface area contributed by atoms with Crippen LogP contribution in [-0.4, -0.2) is 29.5 Å². The molecule has 2 N–H and O–H groups in total. The molecule has 0 aliphatic carbocycles. The third kappa shape index (κ3) is 4.66. The molecule has 2 aromatic heterocycles. The van der Waals surface area contributed by atoms with Crippen molar-refractivity contribution in [2.75, 3.05) is 4.72 Å². The molecule has 164 valence electrons. The van der Waals surface area contributed by atoms with Gasteiger partial charge in [0.1, 0.15) is 16.4 Å². The second kappa shape index (κ2) is 8.68. The number of nitrogens with one attached hydrogen (secondary N) is 1. The predicted molar refractivity (Wildman–Crippen MR) is 121 cm³/mol. The second-order valence-electron chi connectivity index (χ2n) is 7.07. The van der Waals surface area contributed by atoms with E-state index in [1.807, 2.05) is 0 Å². The molecule has 0 aliphatic heterocycles. The van der Waals surface area contributed by atoms with Crippen molar-refractivity contribution in [2.24, 2.45) is 0 Å². The summed E-state index contributed by atoms with van der Waals surface area (Å²) < 4.78 is 43.0. The van der Waals surface area contributed by atoms with Gasteiger partial charge in [-0.3, -0.25) is 9.71 Å². The molecule has 0 radical (unpaired) electrons. The molecular weight excluding hydrogens is 445 g/mol. The number of anilines is 1. The molecule has 0 unspecified atom stereocenters. The van der Waals surface area contributed by atoms with E-state index in [1.54, 1.807) is 31.2 Å². The molecule has 33 heavy (non-hydrogen) atoms. The van der Waals surface area contributed by atoms with Crippen molar-refractivity contribution in [3.63, 3.8) is 0 Å². The molecule has 7 nitrogen and oxygen atoms in total. The smallest absolute Gasteiger partial charge is 0.354 e. The van der Waals surface area contributed by atoms with Crippen LogP contribution in [0.2, 0.25) is 0 Å². The summed E-state index contributed by atoms with van der Waals surface area (Å²) in [4.78, 5) is 18.9. The number of sulfonamides is 1. The summed E-state index contributed by atoms with van der Waals surface area (Å²) in [5.74, 6) is 3.70. The summed E-state index contributed by atoms with van der Waals surface area (Å²) in [6.45, 7) is 1.67. The summed E-state index contributed by atoms with van der Waals surface area (Å²) in [5.41, 5.74) is 1.27. The molecule has 0 fully saturated rings. The largest absolute Gasteiger partial charge is 0.477 e. The molecule has 0 aliphatic rings. The van der Waals surface area contributed by atoms with Gasteiger partial charge in [0.25, 0.3) is 10.0 Å². The molecule has 2 aromatic carbocycles. The summed E-state index contributed by atoms with van der Waals surface area (Å²) >= 11 is 0. The average molecular weight is 461 g/mol. The van der Waals surface area contributed by atoms with Crippen LogP contribution in [-0.2, 0) is 10.0 Å². The number of aromatic carboxylic acids is 1. The summed E-state index contributed by atoms with van der Waals surface area (Å²) in [6.07, 6.45) is 2.78. The average Bonchev–Trinajstić information content (AvgIpc) is 2.79. The molecule has 4 aromatic rings. The fourth-order valence-electron chi connectivity index (χ4n) is 3.20. The third-order valence-corrected chi connectivity index (χ3v) is 6.29. The standard InChI is InChI=1S/C24H16FN3O4S/c1-15-4-7-17-3-2-12-26-22(17)23(15)33(31,32)28-20-11-9-19(25)13-18(20)8-5-16-6-10-21(24(29)30)27-14-16/h2-4,6-7,9-14,28H,1H3,(H,29,30). The lowest BCUT2D eigenvalue weighted by Gasteiger charge is -2.13. The Bertz CT molecular complexity index is 1560. The van der Waals surface area contributed by atoms with Gasteiger partial charge in [-0.1, -0.05) is 30.0 Å². The van der Waals surface area contributed by atoms with Crippen molar-refractivity contribution in [1.29, 1.82) is 0 Å². The minimum absolute atomic E-state index is 0.0253. The highest BCUT2D eigenvalue weighted by Gasteiger charge is 2.22. The van der Waals surface area contributed by atoms with Crippen molar-refractivity contribution in [3.8, 4) is 11.8 Å². The highest BCUT2D eigenvalue weighted by atomic mass is 32.2. The number of aromatic nitrogens is 2. The van der Waals surface area contributed by atoms with Crippen molar-refractivity contribution in [1.82, 2.24) is 9.97 Å². The maximum atomic E-state index is 13.9. The maximum Gasteiger partial charge on any atom is 0.354 e. The van der Waals surface area contributed by atoms with Crippen LogP contribution in [0, 0.1) is 24.6 Å². The number of hydrogen-bond acceptors (Lipinski definition) is 5. The van der Waals surface area contributed by atoms with E-state index in [0.717, 1.165) is 12.1 Å². The Labute approximate surface area is 189 Å². The van der Waals surface area contributed by atoms with E-state index in [0.29, 0.717) is 22.0 Å². The molecule has 0 atom stereocenters. The zero-order valence-corrected chi connectivity index (χ0v) is 18.0. The Balaban J connectivity index is 1.74. The molecule has 9 heteroatoms. The van der Waals surface area contributed by atoms with E-state index < -0.39 is 21.8 Å². The second-order valence-corrected chi connectivity index (χ2v) is 8.69. The number of carboxylic acid groups (broad SMARTS) is 1. The van der Waals surface area contributed by atoms with E-state index in [2.05, 4.69) is 26.5 Å². The molecule has 0 bridgehead atoms. The first-order valence-electron chi connectivity index (χ1n) is 9.63. The molecular formula is C24H16FN3O4S. The zero-order chi connectivity index (χ0) is 23.6. The normalized spacial score (nSPS) is 11.0. The molecule has 0 amide bonds. The lowest BCUT2D eigenvalue weighted by atomic mass is 10.1. The number of rotatable bonds is 4. The lowest BCUT2D eigenvalue weighted by molar-refractivity contribution is 0.0690. The van der Waals surface area contributed by atoms with E-state index in [9.17, 15) is 17.6 Å². The number of aryl methyl sites for hydroxylation is 1. The van der Waals surface area contributed by atoms with Crippen LogP contribution in [0.3, 0.4) is 0 Å². The van der Waals surface area contributed by atoms with Crippen molar-refractivity contribution >= 4 is 32.6 Å². The van der Waals surface area contributed by atoms with Crippen LogP contribution < -0.4 is 4.72 Å². The predicted octanol–water partition coefficient (Wildman–Crippen LogP) is 3.98. The Morgan fingerprint density at radius 2 is 1.88 bits per heavy atom. The van der Waals surface area contributed by atoms with Gasteiger partial charge in [-0.15, -0.1) is 0 Å². The van der Waals surface area contributed by atoms with Gasteiger partial charge in [-0.05, 0) is 48.9 Å². The highest BCUT2D eigenvalue weighted by Crippen LogP contribution is 2.28. The Morgan fingerprint density at radius 1 is 1.06 bits per heavy atom. The molecule has 0 saturated carbocycles. The van der Waals surface area contributed by atoms with Crippen molar-refractivity contribution in [2.45, 2.75) is 11.8 Å². The first-order valence-corrected chi connectivity index (χ1v) is 11.1. The number of pyridine rings is 2. The molecule has 4 rings (SSSR count). The van der Waals surface area contributed by atoms with Gasteiger partial charge in [0.15, 0.2) is 0 Å². The van der Waals surface area contributed by atoms with E-state index in [-0.39, 0.29) is 21.8 Å². The quantitative estimate of drug-likeness (QED) is 0.445. The van der Waals surface area contributed by atoms with Crippen LogP contribution in [0.25, 0.3) is 10.9 Å². The van der Waals surface area contributed by atoms with Crippen LogP contribution in [0.5, 0.6) is 0 Å². The van der Waals surface area contributed by atoms with Gasteiger partial charge < -0.3 is 5.11 Å². The fraction of sp³-hybridized carbons (Fsp3) is 0.0417. The van der Waals surface area contributed by atoms with Gasteiger partial charge in [-0.25, -0.2) is 22.6 Å². The van der Waals surface area contributed by atoms with Gasteiger partial charge in [-0.2, -0.15) is 0 Å². The fourth-order valence-corrected chi connectivity index (χ4v) is 4.68. The van der Waals surface area contributed by atoms with Gasteiger partial charge in [0.2, 0.25) is 0 Å². The van der Waals surface area contributed by atoms with Gasteiger partial charge >= 0.3 is 5.97 Å². The maximum absolute atomic E-state index is 13.9. The number of fused-ring (bicyclic) bond motifs is 1.